The summed E-state index contributed by atoms with van der Waals surface area (Å²) in [6.45, 7) is 3.01. The third-order valence-corrected chi connectivity index (χ3v) is 4.98. The topological polar surface area (TPSA) is 40.6 Å². The summed E-state index contributed by atoms with van der Waals surface area (Å²) in [5, 5.41) is 0.548. The highest BCUT2D eigenvalue weighted by Gasteiger charge is 2.18. The number of benzene rings is 2. The summed E-state index contributed by atoms with van der Waals surface area (Å²) in [4.78, 5) is 28.1. The van der Waals surface area contributed by atoms with Gasteiger partial charge in [0.25, 0.3) is 11.8 Å². The Morgan fingerprint density at radius 3 is 2.24 bits per heavy atom. The van der Waals surface area contributed by atoms with Crippen LogP contribution in [0.25, 0.3) is 0 Å². The van der Waals surface area contributed by atoms with Gasteiger partial charge in [-0.05, 0) is 65.4 Å². The smallest absolute Gasteiger partial charge is 0.255 e. The Labute approximate surface area is 166 Å². The van der Waals surface area contributed by atoms with Crippen LogP contribution in [0.3, 0.4) is 0 Å². The van der Waals surface area contributed by atoms with Gasteiger partial charge in [-0.15, -0.1) is 0 Å². The van der Waals surface area contributed by atoms with Gasteiger partial charge in [-0.2, -0.15) is 0 Å². The quantitative estimate of drug-likeness (QED) is 0.611. The van der Waals surface area contributed by atoms with Crippen LogP contribution in [0.2, 0.25) is 5.02 Å². The number of hydrogen-bond acceptors (Lipinski definition) is 2. The SMILES string of the molecule is CCN(Cc1ccc(C(=O)N(C)C)cc1)C(=O)c1cc(Cl)ccc1I. The van der Waals surface area contributed by atoms with E-state index in [9.17, 15) is 9.59 Å². The summed E-state index contributed by atoms with van der Waals surface area (Å²) < 4.78 is 0.873. The third kappa shape index (κ3) is 4.95. The second-order valence-electron chi connectivity index (χ2n) is 5.84. The molecule has 25 heavy (non-hydrogen) atoms. The minimum Gasteiger partial charge on any atom is -0.345 e. The number of hydrogen-bond donors (Lipinski definition) is 0. The van der Waals surface area contributed by atoms with Gasteiger partial charge in [0.1, 0.15) is 0 Å². The maximum absolute atomic E-state index is 12.8. The van der Waals surface area contributed by atoms with Gasteiger partial charge >= 0.3 is 0 Å². The van der Waals surface area contributed by atoms with Gasteiger partial charge < -0.3 is 9.80 Å². The lowest BCUT2D eigenvalue weighted by Gasteiger charge is -2.22. The van der Waals surface area contributed by atoms with Gasteiger partial charge in [0, 0.05) is 41.3 Å². The Morgan fingerprint density at radius 2 is 1.68 bits per heavy atom. The summed E-state index contributed by atoms with van der Waals surface area (Å²) in [7, 11) is 3.45. The molecular formula is C19H20ClIN2O2. The van der Waals surface area contributed by atoms with E-state index in [1.165, 1.54) is 4.90 Å². The van der Waals surface area contributed by atoms with E-state index < -0.39 is 0 Å². The summed E-state index contributed by atoms with van der Waals surface area (Å²) in [5.74, 6) is -0.0914. The molecule has 0 aliphatic heterocycles. The molecule has 0 unspecified atom stereocenters. The standard InChI is InChI=1S/C19H20ClIN2O2/c1-4-23(19(25)16-11-15(20)9-10-17(16)21)12-13-5-7-14(8-6-13)18(24)22(2)3/h5-11H,4,12H2,1-3H3. The van der Waals surface area contributed by atoms with Crippen LogP contribution in [0.5, 0.6) is 0 Å². The summed E-state index contributed by atoms with van der Waals surface area (Å²) in [6.07, 6.45) is 0. The van der Waals surface area contributed by atoms with Crippen LogP contribution in [-0.2, 0) is 6.54 Å². The van der Waals surface area contributed by atoms with E-state index >= 15 is 0 Å². The molecule has 0 fully saturated rings. The molecule has 0 N–H and O–H groups in total. The molecule has 2 rings (SSSR count). The highest BCUT2D eigenvalue weighted by atomic mass is 127. The van der Waals surface area contributed by atoms with E-state index in [0.29, 0.717) is 29.2 Å². The van der Waals surface area contributed by atoms with E-state index in [-0.39, 0.29) is 11.8 Å². The number of halogens is 2. The molecule has 2 aromatic rings. The molecule has 0 atom stereocenters. The Hall–Kier alpha value is -1.60. The van der Waals surface area contributed by atoms with Crippen molar-refractivity contribution in [3.8, 4) is 0 Å². The summed E-state index contributed by atoms with van der Waals surface area (Å²) in [6, 6.07) is 12.7. The van der Waals surface area contributed by atoms with Crippen molar-refractivity contribution in [2.24, 2.45) is 0 Å². The molecular weight excluding hydrogens is 451 g/mol. The molecule has 2 aromatic carbocycles. The highest BCUT2D eigenvalue weighted by molar-refractivity contribution is 14.1. The Bertz CT molecular complexity index is 775. The maximum atomic E-state index is 12.8. The Kier molecular flexibility index (Phi) is 6.84. The first-order valence-corrected chi connectivity index (χ1v) is 9.34. The Morgan fingerprint density at radius 1 is 1.04 bits per heavy atom. The molecule has 2 amide bonds. The van der Waals surface area contributed by atoms with Crippen LogP contribution in [0, 0.1) is 3.57 Å². The number of carbonyl (C=O) groups is 2. The van der Waals surface area contributed by atoms with Gasteiger partial charge in [-0.3, -0.25) is 9.59 Å². The lowest BCUT2D eigenvalue weighted by molar-refractivity contribution is 0.0750. The average molecular weight is 471 g/mol. The lowest BCUT2D eigenvalue weighted by Crippen LogP contribution is -2.31. The van der Waals surface area contributed by atoms with E-state index in [0.717, 1.165) is 9.13 Å². The van der Waals surface area contributed by atoms with Crippen LogP contribution in [0.1, 0.15) is 33.2 Å². The van der Waals surface area contributed by atoms with Crippen LogP contribution in [0.15, 0.2) is 42.5 Å². The number of carbonyl (C=O) groups excluding carboxylic acids is 2. The predicted molar refractivity (Wildman–Crippen MR) is 109 cm³/mol. The minimum absolute atomic E-state index is 0.0385. The van der Waals surface area contributed by atoms with Crippen molar-refractivity contribution in [1.82, 2.24) is 9.80 Å². The molecule has 6 heteroatoms. The molecule has 0 aliphatic carbocycles. The predicted octanol–water partition coefficient (Wildman–Crippen LogP) is 4.31. The van der Waals surface area contributed by atoms with Crippen LogP contribution < -0.4 is 0 Å². The van der Waals surface area contributed by atoms with E-state index in [2.05, 4.69) is 22.6 Å². The Balaban J connectivity index is 2.17. The average Bonchev–Trinajstić information content (AvgIpc) is 2.61. The van der Waals surface area contributed by atoms with Crippen molar-refractivity contribution < 1.29 is 9.59 Å². The highest BCUT2D eigenvalue weighted by Crippen LogP contribution is 2.20. The van der Waals surface area contributed by atoms with Crippen molar-refractivity contribution in [3.63, 3.8) is 0 Å². The molecule has 0 bridgehead atoms. The molecule has 0 aromatic heterocycles. The van der Waals surface area contributed by atoms with Gasteiger partial charge in [-0.1, -0.05) is 23.7 Å². The van der Waals surface area contributed by atoms with E-state index in [1.807, 2.05) is 25.1 Å². The van der Waals surface area contributed by atoms with Crippen molar-refractivity contribution in [1.29, 1.82) is 0 Å². The first-order chi connectivity index (χ1) is 11.8. The maximum Gasteiger partial charge on any atom is 0.255 e. The van der Waals surface area contributed by atoms with Gasteiger partial charge in [0.2, 0.25) is 0 Å². The second-order valence-corrected chi connectivity index (χ2v) is 7.44. The summed E-state index contributed by atoms with van der Waals surface area (Å²) in [5.41, 5.74) is 2.21. The fourth-order valence-electron chi connectivity index (χ4n) is 2.39. The van der Waals surface area contributed by atoms with Gasteiger partial charge in [0.05, 0.1) is 5.56 Å². The molecule has 4 nitrogen and oxygen atoms in total. The minimum atomic E-state index is -0.0529. The molecule has 0 aliphatic rings. The molecule has 0 heterocycles. The van der Waals surface area contributed by atoms with Crippen LogP contribution in [-0.4, -0.2) is 42.3 Å². The molecule has 0 saturated heterocycles. The molecule has 0 spiro atoms. The van der Waals surface area contributed by atoms with Crippen LogP contribution >= 0.6 is 34.2 Å². The van der Waals surface area contributed by atoms with Crippen molar-refractivity contribution in [2.75, 3.05) is 20.6 Å². The molecule has 132 valence electrons. The van der Waals surface area contributed by atoms with Crippen molar-refractivity contribution >= 4 is 46.0 Å². The zero-order valence-electron chi connectivity index (χ0n) is 14.4. The monoisotopic (exact) mass is 470 g/mol. The van der Waals surface area contributed by atoms with Crippen molar-refractivity contribution in [3.05, 3.63) is 67.7 Å². The molecule has 0 saturated carbocycles. The number of rotatable bonds is 5. The zero-order valence-corrected chi connectivity index (χ0v) is 17.3. The largest absolute Gasteiger partial charge is 0.345 e. The zero-order chi connectivity index (χ0) is 18.6. The lowest BCUT2D eigenvalue weighted by atomic mass is 10.1. The normalized spacial score (nSPS) is 10.4. The number of nitrogens with zero attached hydrogens (tertiary/aromatic N) is 2. The first kappa shape index (κ1) is 19.7. The third-order valence-electron chi connectivity index (χ3n) is 3.81. The van der Waals surface area contributed by atoms with E-state index in [1.54, 1.807) is 43.3 Å². The molecule has 0 radical (unpaired) electrons. The van der Waals surface area contributed by atoms with Gasteiger partial charge in [0.15, 0.2) is 0 Å². The van der Waals surface area contributed by atoms with Crippen LogP contribution in [0.4, 0.5) is 0 Å². The summed E-state index contributed by atoms with van der Waals surface area (Å²) >= 11 is 8.17. The van der Waals surface area contributed by atoms with Gasteiger partial charge in [-0.25, -0.2) is 0 Å². The number of amides is 2. The fraction of sp³-hybridized carbons (Fsp3) is 0.263. The first-order valence-electron chi connectivity index (χ1n) is 7.88. The van der Waals surface area contributed by atoms with E-state index in [4.69, 9.17) is 11.6 Å². The second kappa shape index (κ2) is 8.67. The van der Waals surface area contributed by atoms with Crippen molar-refractivity contribution in [2.45, 2.75) is 13.5 Å². The fourth-order valence-corrected chi connectivity index (χ4v) is 3.13.